The molecule has 0 fully saturated rings. The van der Waals surface area contributed by atoms with Gasteiger partial charge in [-0.15, -0.1) is 0 Å². The molecule has 1 heterocycles. The lowest BCUT2D eigenvalue weighted by Gasteiger charge is -2.22. The van der Waals surface area contributed by atoms with Crippen molar-refractivity contribution in [3.05, 3.63) is 59.9 Å². The molecule has 0 unspecified atom stereocenters. The number of nitrogens with zero attached hydrogens (tertiary/aromatic N) is 2. The summed E-state index contributed by atoms with van der Waals surface area (Å²) in [4.78, 5) is 27.3. The summed E-state index contributed by atoms with van der Waals surface area (Å²) in [6.07, 6.45) is 4.40. The van der Waals surface area contributed by atoms with E-state index in [4.69, 9.17) is 0 Å². The molecule has 0 aliphatic rings. The minimum absolute atomic E-state index is 0.0110. The maximum atomic E-state index is 12.1. The van der Waals surface area contributed by atoms with E-state index in [-0.39, 0.29) is 24.7 Å². The largest absolute Gasteiger partial charge is 0.352 e. The molecule has 8 heteroatoms. The maximum absolute atomic E-state index is 12.1. The Hall–Kier alpha value is -2.74. The Kier molecular flexibility index (Phi) is 6.46. The molecule has 1 N–H and O–H groups in total. The molecule has 0 atom stereocenters. The van der Waals surface area contributed by atoms with Gasteiger partial charge in [-0.25, -0.2) is 8.42 Å². The highest BCUT2D eigenvalue weighted by Crippen LogP contribution is 2.19. The van der Waals surface area contributed by atoms with Crippen molar-refractivity contribution in [2.45, 2.75) is 19.9 Å². The number of rotatable bonds is 8. The summed E-state index contributed by atoms with van der Waals surface area (Å²) in [7, 11) is -3.56. The van der Waals surface area contributed by atoms with Crippen LogP contribution in [0.2, 0.25) is 0 Å². The summed E-state index contributed by atoms with van der Waals surface area (Å²) in [6, 6.07) is 9.87. The first-order valence-corrected chi connectivity index (χ1v) is 9.86. The fraction of sp³-hybridized carbons (Fsp3) is 0.278. The second kappa shape index (κ2) is 8.57. The second-order valence-corrected chi connectivity index (χ2v) is 7.73. The zero-order valence-electron chi connectivity index (χ0n) is 14.7. The van der Waals surface area contributed by atoms with Crippen LogP contribution < -0.4 is 9.62 Å². The number of Topliss-reactive ketones (excluding diaryl/α,β-unsaturated/α-hetero) is 1. The Morgan fingerprint density at radius 3 is 2.38 bits per heavy atom. The predicted molar refractivity (Wildman–Crippen MR) is 99.3 cm³/mol. The highest BCUT2D eigenvalue weighted by molar-refractivity contribution is 7.92. The number of ketones is 1. The van der Waals surface area contributed by atoms with Gasteiger partial charge in [0.1, 0.15) is 0 Å². The molecule has 0 spiro atoms. The van der Waals surface area contributed by atoms with Crippen molar-refractivity contribution in [3.63, 3.8) is 0 Å². The summed E-state index contributed by atoms with van der Waals surface area (Å²) >= 11 is 0. The molecular weight excluding hydrogens is 354 g/mol. The Morgan fingerprint density at radius 1 is 1.15 bits per heavy atom. The molecule has 0 aliphatic heterocycles. The highest BCUT2D eigenvalue weighted by atomic mass is 32.2. The average Bonchev–Trinajstić information content (AvgIpc) is 2.60. The van der Waals surface area contributed by atoms with Crippen LogP contribution in [0.5, 0.6) is 0 Å². The fourth-order valence-corrected chi connectivity index (χ4v) is 3.27. The zero-order chi connectivity index (χ0) is 19.2. The van der Waals surface area contributed by atoms with Crippen molar-refractivity contribution in [1.82, 2.24) is 10.3 Å². The number of amides is 1. The normalized spacial score (nSPS) is 11.0. The molecule has 0 saturated heterocycles. The van der Waals surface area contributed by atoms with Gasteiger partial charge in [0.05, 0.1) is 11.9 Å². The Labute approximate surface area is 153 Å². The number of hydrogen-bond donors (Lipinski definition) is 1. The monoisotopic (exact) mass is 375 g/mol. The van der Waals surface area contributed by atoms with E-state index in [1.807, 2.05) is 6.07 Å². The molecule has 0 bridgehead atoms. The van der Waals surface area contributed by atoms with Crippen LogP contribution in [0.1, 0.15) is 29.3 Å². The molecule has 2 rings (SSSR count). The minimum Gasteiger partial charge on any atom is -0.352 e. The van der Waals surface area contributed by atoms with Gasteiger partial charge in [0.15, 0.2) is 5.78 Å². The number of carbonyl (C=O) groups excluding carboxylic acids is 2. The van der Waals surface area contributed by atoms with Crippen LogP contribution in [0.15, 0.2) is 48.8 Å². The summed E-state index contributed by atoms with van der Waals surface area (Å²) < 4.78 is 25.3. The van der Waals surface area contributed by atoms with Gasteiger partial charge in [0.2, 0.25) is 15.9 Å². The molecule has 138 valence electrons. The van der Waals surface area contributed by atoms with Crippen LogP contribution in [-0.2, 0) is 21.4 Å². The number of hydrogen-bond acceptors (Lipinski definition) is 5. The van der Waals surface area contributed by atoms with E-state index in [9.17, 15) is 18.0 Å². The number of pyridine rings is 1. The molecule has 0 aliphatic carbocycles. The van der Waals surface area contributed by atoms with Gasteiger partial charge in [-0.3, -0.25) is 18.9 Å². The van der Waals surface area contributed by atoms with Crippen molar-refractivity contribution < 1.29 is 18.0 Å². The van der Waals surface area contributed by atoms with Gasteiger partial charge < -0.3 is 5.32 Å². The van der Waals surface area contributed by atoms with Gasteiger partial charge in [0, 0.05) is 37.5 Å². The lowest BCUT2D eigenvalue weighted by atomic mass is 10.1. The van der Waals surface area contributed by atoms with Crippen LogP contribution in [0, 0.1) is 0 Å². The van der Waals surface area contributed by atoms with Crippen molar-refractivity contribution >= 4 is 27.4 Å². The van der Waals surface area contributed by atoms with E-state index >= 15 is 0 Å². The molecule has 2 aromatic rings. The number of anilines is 1. The highest BCUT2D eigenvalue weighted by Gasteiger charge is 2.18. The smallest absolute Gasteiger partial charge is 0.232 e. The first kappa shape index (κ1) is 19.6. The minimum atomic E-state index is -3.56. The van der Waals surface area contributed by atoms with Crippen LogP contribution in [0.4, 0.5) is 5.69 Å². The number of sulfonamides is 1. The lowest BCUT2D eigenvalue weighted by molar-refractivity contribution is -0.121. The molecular formula is C18H21N3O4S. The SMILES string of the molecule is CC(=O)c1ccc(N(CCC(=O)NCc2cccnc2)S(C)(=O)=O)cc1. The summed E-state index contributed by atoms with van der Waals surface area (Å²) in [5, 5.41) is 2.74. The van der Waals surface area contributed by atoms with E-state index in [1.54, 1.807) is 42.7 Å². The third-order valence-corrected chi connectivity index (χ3v) is 4.91. The number of benzene rings is 1. The quantitative estimate of drug-likeness (QED) is 0.709. The van der Waals surface area contributed by atoms with Gasteiger partial charge in [0.25, 0.3) is 0 Å². The summed E-state index contributed by atoms with van der Waals surface area (Å²) in [5.41, 5.74) is 1.77. The molecule has 1 aromatic heterocycles. The Morgan fingerprint density at radius 2 is 1.85 bits per heavy atom. The topological polar surface area (TPSA) is 96.4 Å². The van der Waals surface area contributed by atoms with Gasteiger partial charge in [-0.1, -0.05) is 6.07 Å². The number of aromatic nitrogens is 1. The van der Waals surface area contributed by atoms with E-state index < -0.39 is 10.0 Å². The fourth-order valence-electron chi connectivity index (χ4n) is 2.34. The Bertz CT molecular complexity index is 865. The summed E-state index contributed by atoms with van der Waals surface area (Å²) in [6.45, 7) is 1.78. The molecule has 0 radical (unpaired) electrons. The molecule has 0 saturated carbocycles. The van der Waals surface area contributed by atoms with Crippen LogP contribution >= 0.6 is 0 Å². The van der Waals surface area contributed by atoms with Gasteiger partial charge in [-0.2, -0.15) is 0 Å². The standard InChI is InChI=1S/C18H21N3O4S/c1-14(22)16-5-7-17(8-6-16)21(26(2,24)25)11-9-18(23)20-13-15-4-3-10-19-12-15/h3-8,10,12H,9,11,13H2,1-2H3,(H,20,23). The molecule has 1 aromatic carbocycles. The number of nitrogens with one attached hydrogen (secondary N) is 1. The average molecular weight is 375 g/mol. The third-order valence-electron chi connectivity index (χ3n) is 3.72. The predicted octanol–water partition coefficient (Wildman–Crippen LogP) is 1.76. The maximum Gasteiger partial charge on any atom is 0.232 e. The number of carbonyl (C=O) groups is 2. The van der Waals surface area contributed by atoms with Crippen LogP contribution in [-0.4, -0.2) is 37.9 Å². The van der Waals surface area contributed by atoms with Gasteiger partial charge in [-0.05, 0) is 42.8 Å². The molecule has 1 amide bonds. The van der Waals surface area contributed by atoms with E-state index in [0.717, 1.165) is 16.1 Å². The summed E-state index contributed by atoms with van der Waals surface area (Å²) in [5.74, 6) is -0.361. The van der Waals surface area contributed by atoms with Crippen molar-refractivity contribution in [2.24, 2.45) is 0 Å². The first-order valence-electron chi connectivity index (χ1n) is 8.01. The van der Waals surface area contributed by atoms with Crippen molar-refractivity contribution in [3.8, 4) is 0 Å². The van der Waals surface area contributed by atoms with E-state index in [0.29, 0.717) is 17.8 Å². The molecule has 7 nitrogen and oxygen atoms in total. The van der Waals surface area contributed by atoms with Crippen molar-refractivity contribution in [1.29, 1.82) is 0 Å². The van der Waals surface area contributed by atoms with E-state index in [1.165, 1.54) is 6.92 Å². The second-order valence-electron chi connectivity index (χ2n) is 5.83. The lowest BCUT2D eigenvalue weighted by Crippen LogP contribution is -2.34. The zero-order valence-corrected chi connectivity index (χ0v) is 15.5. The van der Waals surface area contributed by atoms with Gasteiger partial charge >= 0.3 is 0 Å². The third kappa shape index (κ3) is 5.66. The van der Waals surface area contributed by atoms with Crippen LogP contribution in [0.3, 0.4) is 0 Å². The van der Waals surface area contributed by atoms with Crippen molar-refractivity contribution in [2.75, 3.05) is 17.1 Å². The first-order chi connectivity index (χ1) is 12.3. The Balaban J connectivity index is 2.00. The van der Waals surface area contributed by atoms with E-state index in [2.05, 4.69) is 10.3 Å². The van der Waals surface area contributed by atoms with Crippen LogP contribution in [0.25, 0.3) is 0 Å². The molecule has 26 heavy (non-hydrogen) atoms.